The Hall–Kier alpha value is -3.47. The number of hydrogen-bond acceptors (Lipinski definition) is 3. The molecular formula is C23H19FN2O2. The molecule has 0 spiro atoms. The van der Waals surface area contributed by atoms with E-state index in [9.17, 15) is 9.18 Å². The summed E-state index contributed by atoms with van der Waals surface area (Å²) in [5.41, 5.74) is 3.69. The second-order valence-corrected chi connectivity index (χ2v) is 6.41. The van der Waals surface area contributed by atoms with E-state index in [0.29, 0.717) is 24.3 Å². The second kappa shape index (κ2) is 7.64. The van der Waals surface area contributed by atoms with E-state index in [1.165, 1.54) is 6.07 Å². The molecule has 4 nitrogen and oxygen atoms in total. The predicted molar refractivity (Wildman–Crippen MR) is 107 cm³/mol. The van der Waals surface area contributed by atoms with Crippen molar-refractivity contribution in [2.45, 2.75) is 13.5 Å². The third kappa shape index (κ3) is 3.39. The third-order valence-electron chi connectivity index (χ3n) is 4.59. The fourth-order valence-electron chi connectivity index (χ4n) is 3.27. The zero-order chi connectivity index (χ0) is 19.5. The Morgan fingerprint density at radius 1 is 1.00 bits per heavy atom. The molecule has 28 heavy (non-hydrogen) atoms. The molecule has 4 aromatic rings. The van der Waals surface area contributed by atoms with E-state index in [1.54, 1.807) is 31.2 Å². The van der Waals surface area contributed by atoms with Crippen molar-refractivity contribution in [3.63, 3.8) is 0 Å². The lowest BCUT2D eigenvalue weighted by Gasteiger charge is -2.10. The molecule has 0 saturated carbocycles. The van der Waals surface area contributed by atoms with E-state index < -0.39 is 0 Å². The topological polar surface area (TPSA) is 44.1 Å². The number of ether oxygens (including phenoxy) is 1. The van der Waals surface area contributed by atoms with E-state index >= 15 is 0 Å². The number of fused-ring (bicyclic) bond motifs is 1. The maximum atomic E-state index is 14.2. The van der Waals surface area contributed by atoms with Crippen molar-refractivity contribution in [1.29, 1.82) is 0 Å². The predicted octanol–water partition coefficient (Wildman–Crippen LogP) is 5.07. The first-order valence-corrected chi connectivity index (χ1v) is 9.14. The van der Waals surface area contributed by atoms with Crippen LogP contribution in [-0.4, -0.2) is 22.4 Å². The van der Waals surface area contributed by atoms with Crippen LogP contribution in [0.1, 0.15) is 22.8 Å². The van der Waals surface area contributed by atoms with Crippen LogP contribution in [0.2, 0.25) is 0 Å². The van der Waals surface area contributed by atoms with Crippen LogP contribution in [0.15, 0.2) is 72.8 Å². The Balaban J connectivity index is 1.79. The quantitative estimate of drug-likeness (QED) is 0.458. The van der Waals surface area contributed by atoms with E-state index in [4.69, 9.17) is 4.74 Å². The molecule has 0 aliphatic carbocycles. The van der Waals surface area contributed by atoms with Gasteiger partial charge in [-0.3, -0.25) is 4.68 Å². The van der Waals surface area contributed by atoms with Crippen molar-refractivity contribution in [3.8, 4) is 11.3 Å². The molecule has 140 valence electrons. The molecule has 3 aromatic carbocycles. The molecule has 0 aliphatic heterocycles. The number of aromatic nitrogens is 2. The van der Waals surface area contributed by atoms with Gasteiger partial charge < -0.3 is 4.74 Å². The summed E-state index contributed by atoms with van der Waals surface area (Å²) in [6, 6.07) is 21.7. The zero-order valence-electron chi connectivity index (χ0n) is 15.4. The van der Waals surface area contributed by atoms with Crippen LogP contribution in [-0.2, 0) is 11.3 Å². The van der Waals surface area contributed by atoms with Crippen molar-refractivity contribution in [1.82, 2.24) is 9.78 Å². The van der Waals surface area contributed by atoms with Crippen molar-refractivity contribution in [2.24, 2.45) is 0 Å². The lowest BCUT2D eigenvalue weighted by Crippen LogP contribution is -2.06. The summed E-state index contributed by atoms with van der Waals surface area (Å²) < 4.78 is 21.0. The summed E-state index contributed by atoms with van der Waals surface area (Å²) >= 11 is 0. The minimum absolute atomic E-state index is 0.259. The van der Waals surface area contributed by atoms with Gasteiger partial charge in [0.25, 0.3) is 0 Å². The van der Waals surface area contributed by atoms with E-state index in [2.05, 4.69) is 5.10 Å². The van der Waals surface area contributed by atoms with Gasteiger partial charge in [-0.25, -0.2) is 9.18 Å². The average molecular weight is 374 g/mol. The van der Waals surface area contributed by atoms with Crippen LogP contribution in [0.5, 0.6) is 0 Å². The van der Waals surface area contributed by atoms with Gasteiger partial charge in [0.1, 0.15) is 5.82 Å². The highest BCUT2D eigenvalue weighted by molar-refractivity contribution is 5.95. The van der Waals surface area contributed by atoms with E-state index in [-0.39, 0.29) is 11.8 Å². The van der Waals surface area contributed by atoms with Gasteiger partial charge >= 0.3 is 5.97 Å². The molecule has 0 atom stereocenters. The van der Waals surface area contributed by atoms with Gasteiger partial charge in [0.2, 0.25) is 0 Å². The summed E-state index contributed by atoms with van der Waals surface area (Å²) in [7, 11) is 0. The molecule has 0 N–H and O–H groups in total. The molecule has 0 amide bonds. The molecule has 5 heteroatoms. The number of hydrogen-bond donors (Lipinski definition) is 0. The first kappa shape index (κ1) is 17.9. The lowest BCUT2D eigenvalue weighted by molar-refractivity contribution is 0.0526. The summed E-state index contributed by atoms with van der Waals surface area (Å²) in [4.78, 5) is 11.9. The van der Waals surface area contributed by atoms with Gasteiger partial charge in [0.15, 0.2) is 0 Å². The number of halogens is 1. The van der Waals surface area contributed by atoms with Gasteiger partial charge in [-0.15, -0.1) is 0 Å². The molecule has 0 fully saturated rings. The third-order valence-corrected chi connectivity index (χ3v) is 4.59. The highest BCUT2D eigenvalue weighted by atomic mass is 19.1. The number of carbonyl (C=O) groups is 1. The highest BCUT2D eigenvalue weighted by Gasteiger charge is 2.15. The zero-order valence-corrected chi connectivity index (χ0v) is 15.4. The Bertz CT molecular complexity index is 1130. The lowest BCUT2D eigenvalue weighted by atomic mass is 10.1. The van der Waals surface area contributed by atoms with Gasteiger partial charge in [-0.2, -0.15) is 5.10 Å². The van der Waals surface area contributed by atoms with Crippen molar-refractivity contribution in [2.75, 3.05) is 6.61 Å². The Morgan fingerprint density at radius 3 is 2.46 bits per heavy atom. The molecule has 0 bridgehead atoms. The smallest absolute Gasteiger partial charge is 0.338 e. The minimum atomic E-state index is -0.348. The van der Waals surface area contributed by atoms with Gasteiger partial charge in [0.05, 0.1) is 29.9 Å². The molecule has 0 unspecified atom stereocenters. The van der Waals surface area contributed by atoms with Crippen molar-refractivity contribution >= 4 is 16.9 Å². The van der Waals surface area contributed by atoms with Crippen LogP contribution in [0.3, 0.4) is 0 Å². The SMILES string of the molecule is CCOC(=O)c1ccc(-c2c3ccccc3nn2Cc2ccccc2F)cc1. The average Bonchev–Trinajstić information content (AvgIpc) is 3.08. The first-order valence-electron chi connectivity index (χ1n) is 9.14. The molecule has 1 heterocycles. The number of carbonyl (C=O) groups excluding carboxylic acids is 1. The summed E-state index contributed by atoms with van der Waals surface area (Å²) in [6.07, 6.45) is 0. The van der Waals surface area contributed by atoms with Crippen LogP contribution in [0, 0.1) is 5.82 Å². The first-order chi connectivity index (χ1) is 13.7. The molecule has 0 aliphatic rings. The summed E-state index contributed by atoms with van der Waals surface area (Å²) in [6.45, 7) is 2.43. The van der Waals surface area contributed by atoms with E-state index in [1.807, 2.05) is 47.1 Å². The molecule has 0 radical (unpaired) electrons. The van der Waals surface area contributed by atoms with E-state index in [0.717, 1.165) is 22.2 Å². The molecule has 0 saturated heterocycles. The monoisotopic (exact) mass is 374 g/mol. The fourth-order valence-corrected chi connectivity index (χ4v) is 3.27. The summed E-state index contributed by atoms with van der Waals surface area (Å²) in [5.74, 6) is -0.607. The molecule has 1 aromatic heterocycles. The van der Waals surface area contributed by atoms with Crippen LogP contribution >= 0.6 is 0 Å². The molecular weight excluding hydrogens is 355 g/mol. The number of esters is 1. The standard InChI is InChI=1S/C23H19FN2O2/c1-2-28-23(27)17-13-11-16(12-14-17)22-19-8-4-6-10-21(19)25-26(22)15-18-7-3-5-9-20(18)24/h3-14H,2,15H2,1H3. The van der Waals surface area contributed by atoms with Crippen molar-refractivity contribution in [3.05, 3.63) is 89.7 Å². The number of rotatable bonds is 5. The Labute approximate surface area is 162 Å². The van der Waals surface area contributed by atoms with Gasteiger partial charge in [-0.05, 0) is 31.2 Å². The number of benzene rings is 3. The largest absolute Gasteiger partial charge is 0.462 e. The van der Waals surface area contributed by atoms with Crippen LogP contribution in [0.4, 0.5) is 4.39 Å². The summed E-state index contributed by atoms with van der Waals surface area (Å²) in [5, 5.41) is 5.65. The maximum Gasteiger partial charge on any atom is 0.338 e. The Kier molecular flexibility index (Phi) is 4.89. The van der Waals surface area contributed by atoms with Gasteiger partial charge in [0, 0.05) is 16.5 Å². The van der Waals surface area contributed by atoms with Crippen LogP contribution in [0.25, 0.3) is 22.2 Å². The number of nitrogens with zero attached hydrogens (tertiary/aromatic N) is 2. The van der Waals surface area contributed by atoms with Gasteiger partial charge in [-0.1, -0.05) is 48.5 Å². The Morgan fingerprint density at radius 2 is 1.71 bits per heavy atom. The minimum Gasteiger partial charge on any atom is -0.462 e. The van der Waals surface area contributed by atoms with Crippen LogP contribution < -0.4 is 0 Å². The normalized spacial score (nSPS) is 10.9. The van der Waals surface area contributed by atoms with Crippen molar-refractivity contribution < 1.29 is 13.9 Å². The highest BCUT2D eigenvalue weighted by Crippen LogP contribution is 2.30. The molecule has 4 rings (SSSR count). The second-order valence-electron chi connectivity index (χ2n) is 6.41. The fraction of sp³-hybridized carbons (Fsp3) is 0.130. The maximum absolute atomic E-state index is 14.2.